The molecular weight excluding hydrogens is 238 g/mol. The second-order valence-electron chi connectivity index (χ2n) is 6.01. The summed E-state index contributed by atoms with van der Waals surface area (Å²) in [5.74, 6) is 0.638. The molecule has 0 aromatic rings. The molecule has 4 heteroatoms. The molecule has 1 fully saturated rings. The number of hydrogen-bond acceptors (Lipinski definition) is 3. The standard InChI is InChI=1S/C15H31N3O/c1-4-15(5-2,12-16)14(19)17-10-13(3)11-18-8-6-7-9-18/h13H,4-12,16H2,1-3H3,(H,17,19). The molecule has 3 N–H and O–H groups in total. The van der Waals surface area contributed by atoms with Gasteiger partial charge in [-0.1, -0.05) is 20.8 Å². The summed E-state index contributed by atoms with van der Waals surface area (Å²) in [7, 11) is 0. The topological polar surface area (TPSA) is 58.4 Å². The third-order valence-electron chi connectivity index (χ3n) is 4.61. The number of amides is 1. The van der Waals surface area contributed by atoms with Crippen LogP contribution in [-0.2, 0) is 4.79 Å². The molecule has 0 aliphatic carbocycles. The van der Waals surface area contributed by atoms with Gasteiger partial charge in [0.1, 0.15) is 0 Å². The molecule has 0 saturated carbocycles. The quantitative estimate of drug-likeness (QED) is 0.703. The van der Waals surface area contributed by atoms with Gasteiger partial charge in [-0.3, -0.25) is 4.79 Å². The summed E-state index contributed by atoms with van der Waals surface area (Å²) in [5.41, 5.74) is 5.43. The zero-order valence-corrected chi connectivity index (χ0v) is 12.9. The summed E-state index contributed by atoms with van der Waals surface area (Å²) in [6.07, 6.45) is 4.26. The number of carbonyl (C=O) groups excluding carboxylic acids is 1. The van der Waals surface area contributed by atoms with E-state index < -0.39 is 0 Å². The van der Waals surface area contributed by atoms with E-state index in [-0.39, 0.29) is 11.3 Å². The van der Waals surface area contributed by atoms with Crippen molar-refractivity contribution in [2.24, 2.45) is 17.1 Å². The summed E-state index contributed by atoms with van der Waals surface area (Å²) in [6.45, 7) is 11.0. The molecule has 1 rings (SSSR count). The third-order valence-corrected chi connectivity index (χ3v) is 4.61. The Balaban J connectivity index is 2.35. The Morgan fingerprint density at radius 3 is 2.37 bits per heavy atom. The van der Waals surface area contributed by atoms with Gasteiger partial charge in [0.2, 0.25) is 5.91 Å². The van der Waals surface area contributed by atoms with Gasteiger partial charge < -0.3 is 16.0 Å². The summed E-state index contributed by atoms with van der Waals surface area (Å²) in [5, 5.41) is 3.10. The maximum absolute atomic E-state index is 12.3. The number of hydrogen-bond donors (Lipinski definition) is 2. The molecule has 1 amide bonds. The fraction of sp³-hybridized carbons (Fsp3) is 0.933. The van der Waals surface area contributed by atoms with Gasteiger partial charge in [0.25, 0.3) is 0 Å². The SMILES string of the molecule is CCC(CC)(CN)C(=O)NCC(C)CN1CCCC1. The van der Waals surface area contributed by atoms with E-state index in [2.05, 4.69) is 17.1 Å². The van der Waals surface area contributed by atoms with Crippen LogP contribution in [0.1, 0.15) is 46.5 Å². The number of rotatable bonds is 8. The van der Waals surface area contributed by atoms with E-state index in [0.29, 0.717) is 12.5 Å². The molecule has 4 nitrogen and oxygen atoms in total. The summed E-state index contributed by atoms with van der Waals surface area (Å²) < 4.78 is 0. The molecule has 0 bridgehead atoms. The zero-order valence-electron chi connectivity index (χ0n) is 12.9. The monoisotopic (exact) mass is 269 g/mol. The lowest BCUT2D eigenvalue weighted by Crippen LogP contribution is -2.47. The Kier molecular flexibility index (Phi) is 6.80. The van der Waals surface area contributed by atoms with Crippen molar-refractivity contribution in [3.8, 4) is 0 Å². The number of nitrogens with zero attached hydrogens (tertiary/aromatic N) is 1. The first-order valence-electron chi connectivity index (χ1n) is 7.78. The van der Waals surface area contributed by atoms with E-state index in [1.165, 1.54) is 25.9 Å². The van der Waals surface area contributed by atoms with E-state index in [0.717, 1.165) is 25.9 Å². The Morgan fingerprint density at radius 1 is 1.32 bits per heavy atom. The highest BCUT2D eigenvalue weighted by Gasteiger charge is 2.33. The highest BCUT2D eigenvalue weighted by atomic mass is 16.2. The Labute approximate surface area is 118 Å². The van der Waals surface area contributed by atoms with Gasteiger partial charge in [0, 0.05) is 19.6 Å². The molecule has 1 atom stereocenters. The van der Waals surface area contributed by atoms with Crippen molar-refractivity contribution in [1.29, 1.82) is 0 Å². The summed E-state index contributed by atoms with van der Waals surface area (Å²) >= 11 is 0. The molecular formula is C15H31N3O. The van der Waals surface area contributed by atoms with Gasteiger partial charge in [-0.15, -0.1) is 0 Å². The molecule has 1 aliphatic rings. The van der Waals surface area contributed by atoms with E-state index in [4.69, 9.17) is 5.73 Å². The largest absolute Gasteiger partial charge is 0.355 e. The number of likely N-dealkylation sites (tertiary alicyclic amines) is 1. The van der Waals surface area contributed by atoms with Crippen LogP contribution in [0.25, 0.3) is 0 Å². The number of carbonyl (C=O) groups is 1. The molecule has 0 radical (unpaired) electrons. The van der Waals surface area contributed by atoms with Gasteiger partial charge in [0.05, 0.1) is 5.41 Å². The number of nitrogens with two attached hydrogens (primary N) is 1. The Bertz CT molecular complexity index is 262. The van der Waals surface area contributed by atoms with Crippen molar-refractivity contribution >= 4 is 5.91 Å². The maximum Gasteiger partial charge on any atom is 0.227 e. The number of nitrogens with one attached hydrogen (secondary N) is 1. The van der Waals surface area contributed by atoms with E-state index in [1.54, 1.807) is 0 Å². The maximum atomic E-state index is 12.3. The smallest absolute Gasteiger partial charge is 0.227 e. The molecule has 1 unspecified atom stereocenters. The first kappa shape index (κ1) is 16.4. The minimum atomic E-state index is -0.368. The first-order valence-corrected chi connectivity index (χ1v) is 7.78. The Morgan fingerprint density at radius 2 is 1.89 bits per heavy atom. The van der Waals surface area contributed by atoms with Crippen LogP contribution in [0.5, 0.6) is 0 Å². The summed E-state index contributed by atoms with van der Waals surface area (Å²) in [4.78, 5) is 14.8. The highest BCUT2D eigenvalue weighted by molar-refractivity contribution is 5.82. The lowest BCUT2D eigenvalue weighted by Gasteiger charge is -2.29. The molecule has 19 heavy (non-hydrogen) atoms. The minimum absolute atomic E-state index is 0.133. The van der Waals surface area contributed by atoms with Gasteiger partial charge in [-0.2, -0.15) is 0 Å². The molecule has 0 spiro atoms. The van der Waals surface area contributed by atoms with Crippen LogP contribution < -0.4 is 11.1 Å². The normalized spacial score (nSPS) is 18.5. The first-order chi connectivity index (χ1) is 9.07. The highest BCUT2D eigenvalue weighted by Crippen LogP contribution is 2.25. The molecule has 1 saturated heterocycles. The van der Waals surface area contributed by atoms with Crippen LogP contribution in [0.4, 0.5) is 0 Å². The van der Waals surface area contributed by atoms with Crippen molar-refractivity contribution in [1.82, 2.24) is 10.2 Å². The molecule has 112 valence electrons. The minimum Gasteiger partial charge on any atom is -0.355 e. The van der Waals surface area contributed by atoms with Gasteiger partial charge in [0.15, 0.2) is 0 Å². The molecule has 1 aliphatic heterocycles. The van der Waals surface area contributed by atoms with Gasteiger partial charge in [-0.05, 0) is 44.7 Å². The van der Waals surface area contributed by atoms with E-state index in [1.807, 2.05) is 13.8 Å². The third kappa shape index (κ3) is 4.46. The van der Waals surface area contributed by atoms with Crippen molar-refractivity contribution in [2.45, 2.75) is 46.5 Å². The molecule has 0 aromatic carbocycles. The van der Waals surface area contributed by atoms with Crippen molar-refractivity contribution < 1.29 is 4.79 Å². The average Bonchev–Trinajstić information content (AvgIpc) is 2.92. The van der Waals surface area contributed by atoms with Gasteiger partial charge in [-0.25, -0.2) is 0 Å². The Hall–Kier alpha value is -0.610. The van der Waals surface area contributed by atoms with Crippen molar-refractivity contribution in [3.05, 3.63) is 0 Å². The van der Waals surface area contributed by atoms with Gasteiger partial charge >= 0.3 is 0 Å². The predicted molar refractivity (Wildman–Crippen MR) is 79.9 cm³/mol. The van der Waals surface area contributed by atoms with Crippen LogP contribution in [0, 0.1) is 11.3 Å². The average molecular weight is 269 g/mol. The van der Waals surface area contributed by atoms with E-state index in [9.17, 15) is 4.79 Å². The molecule has 1 heterocycles. The van der Waals surface area contributed by atoms with E-state index >= 15 is 0 Å². The lowest BCUT2D eigenvalue weighted by molar-refractivity contribution is -0.131. The van der Waals surface area contributed by atoms with Crippen LogP contribution in [0.2, 0.25) is 0 Å². The lowest BCUT2D eigenvalue weighted by atomic mass is 9.81. The summed E-state index contributed by atoms with van der Waals surface area (Å²) in [6, 6.07) is 0. The zero-order chi connectivity index (χ0) is 14.3. The fourth-order valence-electron chi connectivity index (χ4n) is 2.88. The fourth-order valence-corrected chi connectivity index (χ4v) is 2.88. The van der Waals surface area contributed by atoms with Crippen LogP contribution in [-0.4, -0.2) is 43.5 Å². The van der Waals surface area contributed by atoms with Crippen molar-refractivity contribution in [2.75, 3.05) is 32.7 Å². The second-order valence-corrected chi connectivity index (χ2v) is 6.01. The molecule has 0 aromatic heterocycles. The predicted octanol–water partition coefficient (Wildman–Crippen LogP) is 1.60. The van der Waals surface area contributed by atoms with Crippen LogP contribution in [0.15, 0.2) is 0 Å². The van der Waals surface area contributed by atoms with Crippen LogP contribution in [0.3, 0.4) is 0 Å². The second kappa shape index (κ2) is 7.85. The van der Waals surface area contributed by atoms with Crippen molar-refractivity contribution in [3.63, 3.8) is 0 Å². The van der Waals surface area contributed by atoms with Crippen LogP contribution >= 0.6 is 0 Å².